The SMILES string of the molecule is FC(F)(F)c1nc2cccc3c2n1CCC3. The van der Waals surface area contributed by atoms with Gasteiger partial charge in [0.25, 0.3) is 0 Å². The molecule has 84 valence electrons. The van der Waals surface area contributed by atoms with Crippen LogP contribution in [0, 0.1) is 0 Å². The van der Waals surface area contributed by atoms with E-state index in [4.69, 9.17) is 0 Å². The van der Waals surface area contributed by atoms with Gasteiger partial charge in [0.15, 0.2) is 0 Å². The number of nitrogens with zero attached hydrogens (tertiary/aromatic N) is 2. The first kappa shape index (κ1) is 9.69. The molecule has 0 spiro atoms. The highest BCUT2D eigenvalue weighted by molar-refractivity contribution is 5.80. The highest BCUT2D eigenvalue weighted by Gasteiger charge is 2.38. The summed E-state index contributed by atoms with van der Waals surface area (Å²) in [6.07, 6.45) is -2.79. The van der Waals surface area contributed by atoms with E-state index in [1.165, 1.54) is 4.57 Å². The predicted octanol–water partition coefficient (Wildman–Crippen LogP) is 3.00. The van der Waals surface area contributed by atoms with E-state index in [0.717, 1.165) is 18.4 Å². The molecule has 16 heavy (non-hydrogen) atoms. The number of imidazole rings is 1. The van der Waals surface area contributed by atoms with Crippen LogP contribution < -0.4 is 0 Å². The van der Waals surface area contributed by atoms with Crippen molar-refractivity contribution >= 4 is 11.0 Å². The number of alkyl halides is 3. The lowest BCUT2D eigenvalue weighted by molar-refractivity contribution is -0.147. The molecule has 1 aliphatic rings. The van der Waals surface area contributed by atoms with Gasteiger partial charge in [-0.1, -0.05) is 12.1 Å². The highest BCUT2D eigenvalue weighted by Crippen LogP contribution is 2.34. The van der Waals surface area contributed by atoms with Gasteiger partial charge < -0.3 is 4.57 Å². The first-order chi connectivity index (χ1) is 7.57. The van der Waals surface area contributed by atoms with E-state index in [2.05, 4.69) is 4.98 Å². The van der Waals surface area contributed by atoms with Gasteiger partial charge in [-0.25, -0.2) is 4.98 Å². The Morgan fingerprint density at radius 3 is 2.81 bits per heavy atom. The van der Waals surface area contributed by atoms with Gasteiger partial charge in [-0.15, -0.1) is 0 Å². The summed E-state index contributed by atoms with van der Waals surface area (Å²) < 4.78 is 39.5. The van der Waals surface area contributed by atoms with Gasteiger partial charge in [0.2, 0.25) is 5.82 Å². The summed E-state index contributed by atoms with van der Waals surface area (Å²) in [6, 6.07) is 5.27. The topological polar surface area (TPSA) is 17.8 Å². The van der Waals surface area contributed by atoms with Gasteiger partial charge in [0, 0.05) is 6.54 Å². The maximum absolute atomic E-state index is 12.7. The molecule has 0 fully saturated rings. The summed E-state index contributed by atoms with van der Waals surface area (Å²) in [5, 5.41) is 0. The van der Waals surface area contributed by atoms with Crippen LogP contribution in [0.3, 0.4) is 0 Å². The van der Waals surface area contributed by atoms with Crippen LogP contribution in [0.25, 0.3) is 11.0 Å². The van der Waals surface area contributed by atoms with Crippen LogP contribution in [0.4, 0.5) is 13.2 Å². The largest absolute Gasteiger partial charge is 0.449 e. The van der Waals surface area contributed by atoms with Crippen molar-refractivity contribution in [3.05, 3.63) is 29.6 Å². The first-order valence-electron chi connectivity index (χ1n) is 5.13. The molecule has 0 aliphatic carbocycles. The number of halogens is 3. The predicted molar refractivity (Wildman–Crippen MR) is 53.1 cm³/mol. The molecule has 0 unspecified atom stereocenters. The summed E-state index contributed by atoms with van der Waals surface area (Å²) in [7, 11) is 0. The number of hydrogen-bond donors (Lipinski definition) is 0. The second-order valence-corrected chi connectivity index (χ2v) is 3.97. The molecule has 2 aromatic rings. The van der Waals surface area contributed by atoms with Crippen LogP contribution >= 0.6 is 0 Å². The molecule has 0 atom stereocenters. The zero-order valence-electron chi connectivity index (χ0n) is 8.38. The molecule has 5 heteroatoms. The molecule has 3 rings (SSSR count). The Morgan fingerprint density at radius 2 is 2.06 bits per heavy atom. The van der Waals surface area contributed by atoms with Crippen molar-refractivity contribution in [3.63, 3.8) is 0 Å². The Morgan fingerprint density at radius 1 is 1.25 bits per heavy atom. The van der Waals surface area contributed by atoms with Crippen molar-refractivity contribution < 1.29 is 13.2 Å². The molecule has 2 heterocycles. The number of para-hydroxylation sites is 1. The molecule has 1 aromatic heterocycles. The fraction of sp³-hybridized carbons (Fsp3) is 0.364. The molecule has 0 N–H and O–H groups in total. The summed E-state index contributed by atoms with van der Waals surface area (Å²) in [5.41, 5.74) is 2.07. The number of rotatable bonds is 0. The van der Waals surface area contributed by atoms with Crippen LogP contribution in [0.5, 0.6) is 0 Å². The minimum Gasteiger partial charge on any atom is -0.320 e. The number of aryl methyl sites for hydroxylation is 2. The van der Waals surface area contributed by atoms with Crippen molar-refractivity contribution in [1.82, 2.24) is 9.55 Å². The van der Waals surface area contributed by atoms with Crippen molar-refractivity contribution in [2.45, 2.75) is 25.6 Å². The van der Waals surface area contributed by atoms with Crippen molar-refractivity contribution in [1.29, 1.82) is 0 Å². The van der Waals surface area contributed by atoms with E-state index >= 15 is 0 Å². The summed E-state index contributed by atoms with van der Waals surface area (Å²) >= 11 is 0. The Bertz CT molecular complexity index is 554. The van der Waals surface area contributed by atoms with Crippen LogP contribution in [-0.4, -0.2) is 9.55 Å². The van der Waals surface area contributed by atoms with E-state index in [1.807, 2.05) is 6.07 Å². The van der Waals surface area contributed by atoms with Crippen molar-refractivity contribution in [2.75, 3.05) is 0 Å². The number of aromatic nitrogens is 2. The van der Waals surface area contributed by atoms with E-state index in [9.17, 15) is 13.2 Å². The van der Waals surface area contributed by atoms with Gasteiger partial charge in [0.05, 0.1) is 11.0 Å². The van der Waals surface area contributed by atoms with Crippen LogP contribution in [0.15, 0.2) is 18.2 Å². The Balaban J connectivity index is 2.38. The van der Waals surface area contributed by atoms with E-state index in [0.29, 0.717) is 17.6 Å². The second kappa shape index (κ2) is 2.99. The minimum atomic E-state index is -4.37. The van der Waals surface area contributed by atoms with Crippen molar-refractivity contribution in [2.24, 2.45) is 0 Å². The van der Waals surface area contributed by atoms with Crippen LogP contribution in [0.2, 0.25) is 0 Å². The van der Waals surface area contributed by atoms with Gasteiger partial charge >= 0.3 is 6.18 Å². The summed E-state index contributed by atoms with van der Waals surface area (Å²) in [6.45, 7) is 0.405. The minimum absolute atomic E-state index is 0.405. The maximum atomic E-state index is 12.7. The summed E-state index contributed by atoms with van der Waals surface area (Å²) in [5.74, 6) is -0.769. The normalized spacial score (nSPS) is 15.7. The van der Waals surface area contributed by atoms with Gasteiger partial charge in [-0.3, -0.25) is 0 Å². The average Bonchev–Trinajstić information content (AvgIpc) is 2.60. The number of hydrogen-bond acceptors (Lipinski definition) is 1. The second-order valence-electron chi connectivity index (χ2n) is 3.97. The number of benzene rings is 1. The van der Waals surface area contributed by atoms with E-state index < -0.39 is 12.0 Å². The third-order valence-electron chi connectivity index (χ3n) is 2.93. The van der Waals surface area contributed by atoms with E-state index in [-0.39, 0.29) is 0 Å². The zero-order valence-corrected chi connectivity index (χ0v) is 8.38. The molecule has 0 radical (unpaired) electrons. The lowest BCUT2D eigenvalue weighted by Gasteiger charge is -2.17. The molecule has 0 amide bonds. The van der Waals surface area contributed by atoms with Crippen LogP contribution in [0.1, 0.15) is 17.8 Å². The highest BCUT2D eigenvalue weighted by atomic mass is 19.4. The average molecular weight is 226 g/mol. The molecule has 0 saturated heterocycles. The maximum Gasteiger partial charge on any atom is 0.449 e. The third kappa shape index (κ3) is 1.24. The molecule has 1 aliphatic heterocycles. The van der Waals surface area contributed by atoms with Crippen LogP contribution in [-0.2, 0) is 19.1 Å². The molecule has 2 nitrogen and oxygen atoms in total. The molecule has 0 saturated carbocycles. The molecular formula is C11H9F3N2. The molecule has 1 aromatic carbocycles. The Kier molecular flexibility index (Phi) is 1.81. The quantitative estimate of drug-likeness (QED) is 0.675. The zero-order chi connectivity index (χ0) is 11.3. The fourth-order valence-corrected chi connectivity index (χ4v) is 2.32. The Labute approximate surface area is 89.7 Å². The fourth-order valence-electron chi connectivity index (χ4n) is 2.32. The summed E-state index contributed by atoms with van der Waals surface area (Å²) in [4.78, 5) is 3.69. The van der Waals surface area contributed by atoms with Gasteiger partial charge in [-0.2, -0.15) is 13.2 Å². The molecule has 0 bridgehead atoms. The van der Waals surface area contributed by atoms with Crippen molar-refractivity contribution in [3.8, 4) is 0 Å². The van der Waals surface area contributed by atoms with E-state index in [1.54, 1.807) is 12.1 Å². The Hall–Kier alpha value is -1.52. The standard InChI is InChI=1S/C11H9F3N2/c12-11(13,14)10-15-8-5-1-3-7-4-2-6-16(10)9(7)8/h1,3,5H,2,4,6H2. The smallest absolute Gasteiger partial charge is 0.320 e. The molecular weight excluding hydrogens is 217 g/mol. The monoisotopic (exact) mass is 226 g/mol. The third-order valence-corrected chi connectivity index (χ3v) is 2.93. The van der Waals surface area contributed by atoms with Gasteiger partial charge in [-0.05, 0) is 24.5 Å². The first-order valence-corrected chi connectivity index (χ1v) is 5.13. The van der Waals surface area contributed by atoms with Gasteiger partial charge in [0.1, 0.15) is 0 Å². The lowest BCUT2D eigenvalue weighted by atomic mass is 10.0. The lowest BCUT2D eigenvalue weighted by Crippen LogP contribution is -2.17.